The van der Waals surface area contributed by atoms with E-state index in [1.807, 2.05) is 6.07 Å². The Labute approximate surface area is 131 Å². The fourth-order valence-corrected chi connectivity index (χ4v) is 2.24. The summed E-state index contributed by atoms with van der Waals surface area (Å²) in [6.07, 6.45) is 0. The van der Waals surface area contributed by atoms with Crippen LogP contribution in [0.2, 0.25) is 0 Å². The summed E-state index contributed by atoms with van der Waals surface area (Å²) in [5.41, 5.74) is 1.26. The Balaban J connectivity index is 2.89. The third kappa shape index (κ3) is 5.71. The highest BCUT2D eigenvalue weighted by atomic mass is 79.9. The molecule has 0 spiro atoms. The number of hydrogen-bond acceptors (Lipinski definition) is 3. The molecule has 1 N–H and O–H groups in total. The van der Waals surface area contributed by atoms with Crippen LogP contribution in [0.25, 0.3) is 0 Å². The number of nitrogens with one attached hydrogen (secondary N) is 1. The zero-order valence-corrected chi connectivity index (χ0v) is 14.9. The summed E-state index contributed by atoms with van der Waals surface area (Å²) in [7, 11) is 1.67. The molecule has 3 nitrogen and oxygen atoms in total. The van der Waals surface area contributed by atoms with E-state index < -0.39 is 0 Å². The Morgan fingerprint density at radius 3 is 2.40 bits per heavy atom. The molecule has 0 saturated heterocycles. The number of hydrogen-bond donors (Lipinski definition) is 1. The number of rotatable bonds is 6. The number of methoxy groups -OCH3 is 1. The SMILES string of the molecule is COc1cc(CNC(C)(C)C)cc(Br)c1OCC(C)C. The Morgan fingerprint density at radius 2 is 1.90 bits per heavy atom. The van der Waals surface area contributed by atoms with Crippen molar-refractivity contribution in [3.63, 3.8) is 0 Å². The van der Waals surface area contributed by atoms with E-state index in [0.717, 1.165) is 22.5 Å². The number of halogens is 1. The largest absolute Gasteiger partial charge is 0.493 e. The van der Waals surface area contributed by atoms with Gasteiger partial charge in [-0.3, -0.25) is 0 Å². The van der Waals surface area contributed by atoms with Gasteiger partial charge in [-0.15, -0.1) is 0 Å². The third-order valence-electron chi connectivity index (χ3n) is 2.67. The summed E-state index contributed by atoms with van der Waals surface area (Å²) in [6, 6.07) is 4.11. The molecule has 1 aromatic rings. The van der Waals surface area contributed by atoms with Crippen molar-refractivity contribution in [1.82, 2.24) is 5.32 Å². The van der Waals surface area contributed by atoms with Crippen LogP contribution in [0.5, 0.6) is 11.5 Å². The first-order chi connectivity index (χ1) is 9.23. The average Bonchev–Trinajstić information content (AvgIpc) is 2.33. The van der Waals surface area contributed by atoms with E-state index in [1.165, 1.54) is 5.56 Å². The molecule has 1 rings (SSSR count). The quantitative estimate of drug-likeness (QED) is 0.831. The molecule has 0 saturated carbocycles. The molecule has 0 aliphatic carbocycles. The van der Waals surface area contributed by atoms with Crippen molar-refractivity contribution in [2.24, 2.45) is 5.92 Å². The minimum Gasteiger partial charge on any atom is -0.493 e. The van der Waals surface area contributed by atoms with E-state index in [-0.39, 0.29) is 5.54 Å². The van der Waals surface area contributed by atoms with E-state index in [2.05, 4.69) is 61.9 Å². The van der Waals surface area contributed by atoms with Crippen LogP contribution in [0.1, 0.15) is 40.2 Å². The highest BCUT2D eigenvalue weighted by molar-refractivity contribution is 9.10. The first-order valence-electron chi connectivity index (χ1n) is 6.97. The lowest BCUT2D eigenvalue weighted by Crippen LogP contribution is -2.35. The lowest BCUT2D eigenvalue weighted by Gasteiger charge is -2.21. The van der Waals surface area contributed by atoms with Crippen molar-refractivity contribution in [2.45, 2.75) is 46.7 Å². The molecule has 0 amide bonds. The predicted octanol–water partition coefficient (Wildman–Crippen LogP) is 4.38. The van der Waals surface area contributed by atoms with Gasteiger partial charge in [0.2, 0.25) is 0 Å². The summed E-state index contributed by atoms with van der Waals surface area (Å²) < 4.78 is 12.2. The lowest BCUT2D eigenvalue weighted by molar-refractivity contribution is 0.255. The van der Waals surface area contributed by atoms with E-state index in [9.17, 15) is 0 Å². The van der Waals surface area contributed by atoms with E-state index in [4.69, 9.17) is 9.47 Å². The molecule has 0 heterocycles. The topological polar surface area (TPSA) is 30.5 Å². The highest BCUT2D eigenvalue weighted by Crippen LogP contribution is 2.37. The second kappa shape index (κ2) is 7.32. The van der Waals surface area contributed by atoms with Gasteiger partial charge < -0.3 is 14.8 Å². The monoisotopic (exact) mass is 343 g/mol. The molecule has 0 aromatic heterocycles. The van der Waals surface area contributed by atoms with E-state index in [1.54, 1.807) is 7.11 Å². The van der Waals surface area contributed by atoms with Gasteiger partial charge in [-0.05, 0) is 60.3 Å². The van der Waals surface area contributed by atoms with Crippen LogP contribution in [-0.4, -0.2) is 19.3 Å². The first kappa shape index (κ1) is 17.3. The zero-order valence-electron chi connectivity index (χ0n) is 13.3. The number of benzene rings is 1. The molecular formula is C16H26BrNO2. The Morgan fingerprint density at radius 1 is 1.25 bits per heavy atom. The molecule has 0 atom stereocenters. The van der Waals surface area contributed by atoms with Crippen molar-refractivity contribution in [1.29, 1.82) is 0 Å². The van der Waals surface area contributed by atoms with Crippen molar-refractivity contribution >= 4 is 15.9 Å². The van der Waals surface area contributed by atoms with Gasteiger partial charge in [-0.25, -0.2) is 0 Å². The molecule has 1 aromatic carbocycles. The summed E-state index contributed by atoms with van der Waals surface area (Å²) in [6.45, 7) is 12.2. The van der Waals surface area contributed by atoms with E-state index >= 15 is 0 Å². The van der Waals surface area contributed by atoms with Crippen molar-refractivity contribution in [3.8, 4) is 11.5 Å². The third-order valence-corrected chi connectivity index (χ3v) is 3.26. The smallest absolute Gasteiger partial charge is 0.175 e. The van der Waals surface area contributed by atoms with Gasteiger partial charge in [-0.1, -0.05) is 13.8 Å². The van der Waals surface area contributed by atoms with Crippen LogP contribution in [0.4, 0.5) is 0 Å². The second-order valence-corrected chi connectivity index (χ2v) is 7.27. The normalized spacial score (nSPS) is 11.8. The van der Waals surface area contributed by atoms with Crippen LogP contribution in [-0.2, 0) is 6.54 Å². The van der Waals surface area contributed by atoms with Gasteiger partial charge in [0, 0.05) is 12.1 Å². The predicted molar refractivity (Wildman–Crippen MR) is 87.6 cm³/mol. The van der Waals surface area contributed by atoms with Crippen LogP contribution in [0.3, 0.4) is 0 Å². The van der Waals surface area contributed by atoms with Gasteiger partial charge in [0.05, 0.1) is 18.2 Å². The molecular weight excluding hydrogens is 318 g/mol. The fraction of sp³-hybridized carbons (Fsp3) is 0.625. The zero-order chi connectivity index (χ0) is 15.3. The Bertz CT molecular complexity index is 439. The fourth-order valence-electron chi connectivity index (χ4n) is 1.63. The maximum absolute atomic E-state index is 5.83. The van der Waals surface area contributed by atoms with E-state index in [0.29, 0.717) is 12.5 Å². The van der Waals surface area contributed by atoms with Crippen molar-refractivity contribution in [2.75, 3.05) is 13.7 Å². The average molecular weight is 344 g/mol. The number of ether oxygens (including phenoxy) is 2. The molecule has 0 aliphatic rings. The summed E-state index contributed by atoms with van der Waals surface area (Å²) in [5, 5.41) is 3.47. The standard InChI is InChI=1S/C16H26BrNO2/c1-11(2)10-20-15-13(17)7-12(8-14(15)19-6)9-18-16(3,4)5/h7-8,11,18H,9-10H2,1-6H3. The Kier molecular flexibility index (Phi) is 6.34. The Hall–Kier alpha value is -0.740. The molecule has 114 valence electrons. The van der Waals surface area contributed by atoms with Crippen molar-refractivity contribution in [3.05, 3.63) is 22.2 Å². The minimum absolute atomic E-state index is 0.0898. The van der Waals surface area contributed by atoms with Crippen LogP contribution < -0.4 is 14.8 Å². The highest BCUT2D eigenvalue weighted by Gasteiger charge is 2.14. The van der Waals surface area contributed by atoms with Crippen LogP contribution in [0, 0.1) is 5.92 Å². The lowest BCUT2D eigenvalue weighted by atomic mass is 10.1. The first-order valence-corrected chi connectivity index (χ1v) is 7.76. The molecule has 0 fully saturated rings. The minimum atomic E-state index is 0.0898. The summed E-state index contributed by atoms with van der Waals surface area (Å²) in [4.78, 5) is 0. The van der Waals surface area contributed by atoms with Crippen LogP contribution in [0.15, 0.2) is 16.6 Å². The molecule has 0 aliphatic heterocycles. The molecule has 0 bridgehead atoms. The maximum Gasteiger partial charge on any atom is 0.175 e. The van der Waals surface area contributed by atoms with Crippen LogP contribution >= 0.6 is 15.9 Å². The maximum atomic E-state index is 5.83. The molecule has 4 heteroatoms. The van der Waals surface area contributed by atoms with Gasteiger partial charge in [0.25, 0.3) is 0 Å². The van der Waals surface area contributed by atoms with Gasteiger partial charge >= 0.3 is 0 Å². The summed E-state index contributed by atoms with van der Waals surface area (Å²) in [5.74, 6) is 2.03. The molecule has 0 unspecified atom stereocenters. The molecule has 0 radical (unpaired) electrons. The van der Waals surface area contributed by atoms with Gasteiger partial charge in [0.1, 0.15) is 0 Å². The second-order valence-electron chi connectivity index (χ2n) is 6.42. The summed E-state index contributed by atoms with van der Waals surface area (Å²) >= 11 is 3.58. The molecule has 20 heavy (non-hydrogen) atoms. The van der Waals surface area contributed by atoms with Gasteiger partial charge in [0.15, 0.2) is 11.5 Å². The van der Waals surface area contributed by atoms with Crippen molar-refractivity contribution < 1.29 is 9.47 Å². The van der Waals surface area contributed by atoms with Gasteiger partial charge in [-0.2, -0.15) is 0 Å².